The van der Waals surface area contributed by atoms with E-state index in [9.17, 15) is 13.6 Å². The van der Waals surface area contributed by atoms with Gasteiger partial charge in [0.15, 0.2) is 0 Å². The highest BCUT2D eigenvalue weighted by Crippen LogP contribution is 2.22. The first kappa shape index (κ1) is 11.6. The minimum Gasteiger partial charge on any atom is -0.469 e. The van der Waals surface area contributed by atoms with Crippen molar-refractivity contribution in [2.45, 2.75) is 19.8 Å². The minimum atomic E-state index is -2.63. The Kier molecular flexibility index (Phi) is 3.71. The van der Waals surface area contributed by atoms with Crippen LogP contribution in [0, 0.1) is 6.92 Å². The Morgan fingerprint density at radius 3 is 2.80 bits per heavy atom. The van der Waals surface area contributed by atoms with E-state index in [2.05, 4.69) is 9.72 Å². The van der Waals surface area contributed by atoms with Gasteiger partial charge in [0.05, 0.1) is 19.2 Å². The van der Waals surface area contributed by atoms with E-state index in [-0.39, 0.29) is 17.7 Å². The van der Waals surface area contributed by atoms with Crippen LogP contribution in [-0.2, 0) is 16.0 Å². The van der Waals surface area contributed by atoms with Crippen LogP contribution in [0.5, 0.6) is 0 Å². The largest absolute Gasteiger partial charge is 0.469 e. The van der Waals surface area contributed by atoms with Crippen molar-refractivity contribution in [2.75, 3.05) is 7.11 Å². The van der Waals surface area contributed by atoms with Gasteiger partial charge < -0.3 is 4.74 Å². The topological polar surface area (TPSA) is 39.2 Å². The lowest BCUT2D eigenvalue weighted by Gasteiger charge is -2.07. The van der Waals surface area contributed by atoms with Gasteiger partial charge >= 0.3 is 5.97 Å². The van der Waals surface area contributed by atoms with Crippen LogP contribution >= 0.6 is 0 Å². The molecule has 0 aromatic carbocycles. The Morgan fingerprint density at radius 1 is 1.60 bits per heavy atom. The zero-order chi connectivity index (χ0) is 11.4. The van der Waals surface area contributed by atoms with Gasteiger partial charge in [-0.05, 0) is 18.6 Å². The summed E-state index contributed by atoms with van der Waals surface area (Å²) in [4.78, 5) is 14.7. The van der Waals surface area contributed by atoms with Gasteiger partial charge in [0.2, 0.25) is 0 Å². The van der Waals surface area contributed by atoms with Gasteiger partial charge in [0.25, 0.3) is 6.43 Å². The molecule has 1 aromatic heterocycles. The van der Waals surface area contributed by atoms with Crippen molar-refractivity contribution in [2.24, 2.45) is 0 Å². The van der Waals surface area contributed by atoms with Crippen molar-refractivity contribution in [3.05, 3.63) is 29.1 Å². The molecule has 1 aromatic rings. The number of rotatable bonds is 3. The second kappa shape index (κ2) is 4.82. The van der Waals surface area contributed by atoms with Crippen molar-refractivity contribution in [1.29, 1.82) is 0 Å². The summed E-state index contributed by atoms with van der Waals surface area (Å²) in [6, 6.07) is 1.33. The summed E-state index contributed by atoms with van der Waals surface area (Å²) in [5.41, 5.74) is 0.502. The molecule has 82 valence electrons. The molecule has 5 heteroatoms. The number of ether oxygens (including phenoxy) is 1. The molecule has 1 rings (SSSR count). The maximum Gasteiger partial charge on any atom is 0.311 e. The maximum absolute atomic E-state index is 12.6. The summed E-state index contributed by atoms with van der Waals surface area (Å²) < 4.78 is 29.5. The third-order valence-electron chi connectivity index (χ3n) is 1.91. The zero-order valence-electron chi connectivity index (χ0n) is 8.46. The predicted molar refractivity (Wildman–Crippen MR) is 49.7 cm³/mol. The average molecular weight is 215 g/mol. The lowest BCUT2D eigenvalue weighted by atomic mass is 10.1. The van der Waals surface area contributed by atoms with E-state index in [0.717, 1.165) is 0 Å². The van der Waals surface area contributed by atoms with Crippen molar-refractivity contribution in [3.63, 3.8) is 0 Å². The zero-order valence-corrected chi connectivity index (χ0v) is 8.46. The quantitative estimate of drug-likeness (QED) is 0.724. The molecular formula is C10H11F2NO2. The standard InChI is InChI=1S/C10H11F2NO2/c1-6-3-7(10(11)12)8(13-5-6)4-9(14)15-2/h3,5,10H,4H2,1-2H3. The number of hydrogen-bond acceptors (Lipinski definition) is 3. The van der Waals surface area contributed by atoms with Crippen molar-refractivity contribution in [1.82, 2.24) is 4.98 Å². The summed E-state index contributed by atoms with van der Waals surface area (Å²) in [7, 11) is 1.21. The molecule has 0 unspecified atom stereocenters. The first-order valence-electron chi connectivity index (χ1n) is 4.35. The molecule has 0 radical (unpaired) electrons. The van der Waals surface area contributed by atoms with E-state index in [4.69, 9.17) is 0 Å². The first-order valence-corrected chi connectivity index (χ1v) is 4.35. The molecule has 3 nitrogen and oxygen atoms in total. The summed E-state index contributed by atoms with van der Waals surface area (Å²) >= 11 is 0. The van der Waals surface area contributed by atoms with Gasteiger partial charge in [0, 0.05) is 11.8 Å². The third-order valence-corrected chi connectivity index (χ3v) is 1.91. The lowest BCUT2D eigenvalue weighted by molar-refractivity contribution is -0.139. The van der Waals surface area contributed by atoms with Gasteiger partial charge in [0.1, 0.15) is 0 Å². The molecule has 0 saturated carbocycles. The van der Waals surface area contributed by atoms with Gasteiger partial charge in [-0.25, -0.2) is 8.78 Å². The van der Waals surface area contributed by atoms with E-state index in [1.54, 1.807) is 6.92 Å². The monoisotopic (exact) mass is 215 g/mol. The van der Waals surface area contributed by atoms with Crippen LogP contribution < -0.4 is 0 Å². The van der Waals surface area contributed by atoms with Gasteiger partial charge in [-0.1, -0.05) is 0 Å². The van der Waals surface area contributed by atoms with Crippen LogP contribution in [0.4, 0.5) is 8.78 Å². The summed E-state index contributed by atoms with van der Waals surface area (Å²) in [5, 5.41) is 0. The fourth-order valence-electron chi connectivity index (χ4n) is 1.17. The summed E-state index contributed by atoms with van der Waals surface area (Å²) in [6.45, 7) is 1.67. The number of carbonyl (C=O) groups excluding carboxylic acids is 1. The fraction of sp³-hybridized carbons (Fsp3) is 0.400. The Balaban J connectivity index is 3.00. The van der Waals surface area contributed by atoms with Crippen molar-refractivity contribution < 1.29 is 18.3 Å². The lowest BCUT2D eigenvalue weighted by Crippen LogP contribution is -2.09. The van der Waals surface area contributed by atoms with E-state index in [1.807, 2.05) is 0 Å². The van der Waals surface area contributed by atoms with Crippen LogP contribution in [0.25, 0.3) is 0 Å². The fourth-order valence-corrected chi connectivity index (χ4v) is 1.17. The number of aromatic nitrogens is 1. The molecule has 0 saturated heterocycles. The van der Waals surface area contributed by atoms with E-state index in [0.29, 0.717) is 5.56 Å². The number of esters is 1. The SMILES string of the molecule is COC(=O)Cc1ncc(C)cc1C(F)F. The molecular weight excluding hydrogens is 204 g/mol. The number of pyridine rings is 1. The number of carbonyl (C=O) groups is 1. The van der Waals surface area contributed by atoms with E-state index >= 15 is 0 Å². The molecule has 1 heterocycles. The van der Waals surface area contributed by atoms with Gasteiger partial charge in [-0.15, -0.1) is 0 Å². The normalized spacial score (nSPS) is 10.5. The molecule has 15 heavy (non-hydrogen) atoms. The second-order valence-corrected chi connectivity index (χ2v) is 3.10. The van der Waals surface area contributed by atoms with Crippen LogP contribution in [0.2, 0.25) is 0 Å². The highest BCUT2D eigenvalue weighted by molar-refractivity contribution is 5.72. The van der Waals surface area contributed by atoms with Crippen LogP contribution in [-0.4, -0.2) is 18.1 Å². The predicted octanol–water partition coefficient (Wildman–Crippen LogP) is 2.04. The summed E-state index contributed by atoms with van der Waals surface area (Å²) in [6.07, 6.45) is -1.40. The smallest absolute Gasteiger partial charge is 0.311 e. The molecule has 0 aliphatic heterocycles. The molecule has 0 bridgehead atoms. The number of hydrogen-bond donors (Lipinski definition) is 0. The van der Waals surface area contributed by atoms with E-state index < -0.39 is 12.4 Å². The number of methoxy groups -OCH3 is 1. The number of nitrogens with zero attached hydrogens (tertiary/aromatic N) is 1. The van der Waals surface area contributed by atoms with Gasteiger partial charge in [-0.2, -0.15) is 0 Å². The van der Waals surface area contributed by atoms with Gasteiger partial charge in [-0.3, -0.25) is 9.78 Å². The average Bonchev–Trinajstić information content (AvgIpc) is 2.20. The third kappa shape index (κ3) is 2.97. The minimum absolute atomic E-state index is 0.0717. The Morgan fingerprint density at radius 2 is 2.27 bits per heavy atom. The Labute approximate surface area is 86.1 Å². The molecule has 0 aliphatic carbocycles. The van der Waals surface area contributed by atoms with E-state index in [1.165, 1.54) is 19.4 Å². The molecule has 0 aliphatic rings. The summed E-state index contributed by atoms with van der Waals surface area (Å²) in [5.74, 6) is -0.576. The maximum atomic E-state index is 12.6. The number of alkyl halides is 2. The first-order chi connectivity index (χ1) is 7.04. The van der Waals surface area contributed by atoms with Crippen LogP contribution in [0.3, 0.4) is 0 Å². The molecule has 0 amide bonds. The molecule has 0 spiro atoms. The van der Waals surface area contributed by atoms with Crippen molar-refractivity contribution >= 4 is 5.97 Å². The highest BCUT2D eigenvalue weighted by atomic mass is 19.3. The number of halogens is 2. The Bertz CT molecular complexity index is 366. The highest BCUT2D eigenvalue weighted by Gasteiger charge is 2.16. The second-order valence-electron chi connectivity index (χ2n) is 3.10. The van der Waals surface area contributed by atoms with Crippen molar-refractivity contribution in [3.8, 4) is 0 Å². The van der Waals surface area contributed by atoms with Crippen LogP contribution in [0.15, 0.2) is 12.3 Å². The van der Waals surface area contributed by atoms with Crippen LogP contribution in [0.1, 0.15) is 23.2 Å². The molecule has 0 atom stereocenters. The number of aryl methyl sites for hydroxylation is 1. The molecule has 0 fully saturated rings. The molecule has 0 N–H and O–H groups in total. The Hall–Kier alpha value is -1.52.